The summed E-state index contributed by atoms with van der Waals surface area (Å²) in [4.78, 5) is 21.7. The van der Waals surface area contributed by atoms with Crippen LogP contribution in [-0.2, 0) is 0 Å². The zero-order valence-electron chi connectivity index (χ0n) is 14.9. The lowest BCUT2D eigenvalue weighted by molar-refractivity contribution is 0.0989. The molecule has 1 amide bonds. The number of nitrogens with one attached hydrogen (secondary N) is 1. The molecule has 4 rings (SSSR count). The summed E-state index contributed by atoms with van der Waals surface area (Å²) in [6.45, 7) is 0. The Hall–Kier alpha value is -4.00. The van der Waals surface area contributed by atoms with Gasteiger partial charge in [0.15, 0.2) is 17.2 Å². The second kappa shape index (κ2) is 6.62. The molecule has 4 aromatic rings. The van der Waals surface area contributed by atoms with Gasteiger partial charge in [-0.25, -0.2) is 4.98 Å². The molecule has 2 aromatic carbocycles. The first kappa shape index (κ1) is 17.4. The molecule has 28 heavy (non-hydrogen) atoms. The summed E-state index contributed by atoms with van der Waals surface area (Å²) in [6, 6.07) is 17.5. The summed E-state index contributed by atoms with van der Waals surface area (Å²) in [7, 11) is 1.50. The number of rotatable bonds is 3. The van der Waals surface area contributed by atoms with Crippen molar-refractivity contribution in [2.24, 2.45) is 0 Å². The Balaban J connectivity index is 1.68. The number of benzene rings is 2. The maximum absolute atomic E-state index is 12.8. The van der Waals surface area contributed by atoms with Gasteiger partial charge in [-0.2, -0.15) is 0 Å². The summed E-state index contributed by atoms with van der Waals surface area (Å²) in [5.41, 5.74) is 3.68. The molecule has 0 bridgehead atoms. The number of amides is 1. The predicted molar refractivity (Wildman–Crippen MR) is 106 cm³/mol. The summed E-state index contributed by atoms with van der Waals surface area (Å²) < 4.78 is 0. The third kappa shape index (κ3) is 2.99. The van der Waals surface area contributed by atoms with E-state index in [1.54, 1.807) is 6.07 Å². The van der Waals surface area contributed by atoms with Gasteiger partial charge in [-0.05, 0) is 18.2 Å². The Labute approximate surface area is 160 Å². The number of aromatic amines is 1. The molecule has 7 nitrogen and oxygen atoms in total. The highest BCUT2D eigenvalue weighted by Crippen LogP contribution is 2.38. The summed E-state index contributed by atoms with van der Waals surface area (Å²) >= 11 is 0. The van der Waals surface area contributed by atoms with Crippen molar-refractivity contribution in [3.05, 3.63) is 66.4 Å². The van der Waals surface area contributed by atoms with E-state index in [1.165, 1.54) is 24.1 Å². The fourth-order valence-electron chi connectivity index (χ4n) is 2.97. The van der Waals surface area contributed by atoms with Crippen LogP contribution in [0.4, 0.5) is 5.69 Å². The van der Waals surface area contributed by atoms with Gasteiger partial charge in [-0.3, -0.25) is 4.79 Å². The van der Waals surface area contributed by atoms with Crippen LogP contribution in [0.5, 0.6) is 17.2 Å². The van der Waals surface area contributed by atoms with Gasteiger partial charge in [0.05, 0.1) is 22.4 Å². The number of phenols is 3. The van der Waals surface area contributed by atoms with Crippen LogP contribution in [0.2, 0.25) is 0 Å². The summed E-state index contributed by atoms with van der Waals surface area (Å²) in [5.74, 6) is -2.04. The van der Waals surface area contributed by atoms with Gasteiger partial charge in [-0.1, -0.05) is 30.3 Å². The van der Waals surface area contributed by atoms with Crippen molar-refractivity contribution < 1.29 is 20.1 Å². The summed E-state index contributed by atoms with van der Waals surface area (Å²) in [5, 5.41) is 28.8. The molecule has 0 unspecified atom stereocenters. The molecular formula is C21H17N3O4. The van der Waals surface area contributed by atoms with E-state index in [0.29, 0.717) is 16.7 Å². The Morgan fingerprint density at radius 2 is 1.64 bits per heavy atom. The van der Waals surface area contributed by atoms with E-state index in [2.05, 4.69) is 9.97 Å². The number of hydrogen-bond donors (Lipinski definition) is 4. The first-order valence-corrected chi connectivity index (χ1v) is 8.52. The molecule has 2 aromatic heterocycles. The molecule has 4 N–H and O–H groups in total. The van der Waals surface area contributed by atoms with Crippen LogP contribution in [0, 0.1) is 0 Å². The second-order valence-electron chi connectivity index (χ2n) is 6.38. The Kier molecular flexibility index (Phi) is 4.12. The van der Waals surface area contributed by atoms with Crippen LogP contribution < -0.4 is 4.90 Å². The van der Waals surface area contributed by atoms with Crippen molar-refractivity contribution in [3.63, 3.8) is 0 Å². The first-order valence-electron chi connectivity index (χ1n) is 8.52. The van der Waals surface area contributed by atoms with E-state index in [4.69, 9.17) is 0 Å². The molecule has 7 heteroatoms. The number of carbonyl (C=O) groups excluding carboxylic acids is 1. The predicted octanol–water partition coefficient (Wildman–Crippen LogP) is 3.62. The number of pyridine rings is 1. The topological polar surface area (TPSA) is 110 Å². The SMILES string of the molecule is CN(C(=O)c1cc2nc(-c3ccccc3)ccc2[nH]1)c1cc(O)c(O)c(O)c1. The van der Waals surface area contributed by atoms with E-state index in [-0.39, 0.29) is 11.6 Å². The highest BCUT2D eigenvalue weighted by molar-refractivity contribution is 6.07. The van der Waals surface area contributed by atoms with Gasteiger partial charge < -0.3 is 25.2 Å². The van der Waals surface area contributed by atoms with Crippen LogP contribution in [0.3, 0.4) is 0 Å². The van der Waals surface area contributed by atoms with Gasteiger partial charge in [0.2, 0.25) is 0 Å². The molecule has 0 aliphatic rings. The Morgan fingerprint density at radius 1 is 0.964 bits per heavy atom. The van der Waals surface area contributed by atoms with Crippen LogP contribution in [-0.4, -0.2) is 38.2 Å². The lowest BCUT2D eigenvalue weighted by atomic mass is 10.1. The summed E-state index contributed by atoms with van der Waals surface area (Å²) in [6.07, 6.45) is 0. The van der Waals surface area contributed by atoms with Gasteiger partial charge in [-0.15, -0.1) is 0 Å². The fraction of sp³-hybridized carbons (Fsp3) is 0.0476. The minimum absolute atomic E-state index is 0.231. The van der Waals surface area contributed by atoms with Crippen molar-refractivity contribution >= 4 is 22.6 Å². The average Bonchev–Trinajstić information content (AvgIpc) is 3.14. The quantitative estimate of drug-likeness (QED) is 0.409. The normalized spacial score (nSPS) is 10.9. The van der Waals surface area contributed by atoms with Gasteiger partial charge in [0.25, 0.3) is 5.91 Å². The number of aromatic nitrogens is 2. The number of aromatic hydroxyl groups is 3. The lowest BCUT2D eigenvalue weighted by Crippen LogP contribution is -2.26. The van der Waals surface area contributed by atoms with Crippen molar-refractivity contribution in [2.45, 2.75) is 0 Å². The van der Waals surface area contributed by atoms with Crippen LogP contribution in [0.1, 0.15) is 10.5 Å². The largest absolute Gasteiger partial charge is 0.504 e. The smallest absolute Gasteiger partial charge is 0.274 e. The van der Waals surface area contributed by atoms with E-state index in [0.717, 1.165) is 11.3 Å². The standard InChI is InChI=1S/C21H17N3O4/c1-24(13-9-18(25)20(27)19(26)10-13)21(28)17-11-16-15(23-17)8-7-14(22-16)12-5-3-2-4-6-12/h2-11,23,25-27H,1H3. The molecule has 0 saturated carbocycles. The third-order valence-electron chi connectivity index (χ3n) is 4.52. The molecule has 0 aliphatic carbocycles. The van der Waals surface area contributed by atoms with E-state index in [9.17, 15) is 20.1 Å². The molecule has 0 radical (unpaired) electrons. The number of fused-ring (bicyclic) bond motifs is 1. The molecular weight excluding hydrogens is 358 g/mol. The average molecular weight is 375 g/mol. The fourth-order valence-corrected chi connectivity index (χ4v) is 2.97. The second-order valence-corrected chi connectivity index (χ2v) is 6.38. The monoisotopic (exact) mass is 375 g/mol. The molecule has 140 valence electrons. The zero-order valence-corrected chi connectivity index (χ0v) is 14.9. The minimum atomic E-state index is -0.632. The lowest BCUT2D eigenvalue weighted by Gasteiger charge is -2.17. The third-order valence-corrected chi connectivity index (χ3v) is 4.52. The highest BCUT2D eigenvalue weighted by atomic mass is 16.3. The van der Waals surface area contributed by atoms with Crippen molar-refractivity contribution in [3.8, 4) is 28.5 Å². The van der Waals surface area contributed by atoms with E-state index >= 15 is 0 Å². The van der Waals surface area contributed by atoms with Crippen molar-refractivity contribution in [1.29, 1.82) is 0 Å². The maximum Gasteiger partial charge on any atom is 0.274 e. The zero-order chi connectivity index (χ0) is 19.8. The highest BCUT2D eigenvalue weighted by Gasteiger charge is 2.19. The van der Waals surface area contributed by atoms with Crippen molar-refractivity contribution in [2.75, 3.05) is 11.9 Å². The minimum Gasteiger partial charge on any atom is -0.504 e. The number of carbonyl (C=O) groups is 1. The first-order chi connectivity index (χ1) is 13.4. The molecule has 0 spiro atoms. The van der Waals surface area contributed by atoms with Crippen LogP contribution in [0.25, 0.3) is 22.3 Å². The van der Waals surface area contributed by atoms with E-state index in [1.807, 2.05) is 42.5 Å². The van der Waals surface area contributed by atoms with Gasteiger partial charge in [0, 0.05) is 24.7 Å². The maximum atomic E-state index is 12.8. The number of phenolic OH excluding ortho intramolecular Hbond substituents is 3. The van der Waals surface area contributed by atoms with Gasteiger partial charge in [0.1, 0.15) is 5.69 Å². The molecule has 0 saturated heterocycles. The Morgan fingerprint density at radius 3 is 2.32 bits per heavy atom. The van der Waals surface area contributed by atoms with Gasteiger partial charge >= 0.3 is 0 Å². The molecule has 0 atom stereocenters. The Bertz CT molecular complexity index is 1160. The number of H-pyrrole nitrogens is 1. The molecule has 2 heterocycles. The van der Waals surface area contributed by atoms with Crippen LogP contribution >= 0.6 is 0 Å². The number of hydrogen-bond acceptors (Lipinski definition) is 5. The van der Waals surface area contributed by atoms with Crippen molar-refractivity contribution in [1.82, 2.24) is 9.97 Å². The number of nitrogens with zero attached hydrogens (tertiary/aromatic N) is 2. The molecule has 0 aliphatic heterocycles. The van der Waals surface area contributed by atoms with E-state index < -0.39 is 17.2 Å². The van der Waals surface area contributed by atoms with Crippen LogP contribution in [0.15, 0.2) is 60.7 Å². The molecule has 0 fully saturated rings. The number of anilines is 1.